The van der Waals surface area contributed by atoms with E-state index < -0.39 is 0 Å². The molecule has 2 heteroatoms. The van der Waals surface area contributed by atoms with Crippen LogP contribution in [-0.4, -0.2) is 22.9 Å². The Morgan fingerprint density at radius 2 is 1.73 bits per heavy atom. The molecule has 1 N–H and O–H groups in total. The Hall–Kier alpha value is -0.0800. The van der Waals surface area contributed by atoms with Gasteiger partial charge in [0, 0.05) is 6.61 Å². The zero-order chi connectivity index (χ0) is 10.4. The number of hydrogen-bond acceptors (Lipinski definition) is 2. The summed E-state index contributed by atoms with van der Waals surface area (Å²) in [4.78, 5) is 0. The van der Waals surface area contributed by atoms with Gasteiger partial charge in [0.15, 0.2) is 0 Å². The molecule has 1 aliphatic heterocycles. The second-order valence-corrected chi connectivity index (χ2v) is 5.89. The maximum atomic E-state index is 10.4. The van der Waals surface area contributed by atoms with Crippen LogP contribution in [0.25, 0.3) is 0 Å². The van der Waals surface area contributed by atoms with Crippen molar-refractivity contribution in [1.82, 2.24) is 0 Å². The highest BCUT2D eigenvalue weighted by atomic mass is 16.5. The summed E-state index contributed by atoms with van der Waals surface area (Å²) < 4.78 is 6.01. The summed E-state index contributed by atoms with van der Waals surface area (Å²) in [7, 11) is 0. The van der Waals surface area contributed by atoms with Gasteiger partial charge < -0.3 is 9.84 Å². The van der Waals surface area contributed by atoms with Crippen LogP contribution < -0.4 is 0 Å². The molecule has 86 valence electrons. The summed E-state index contributed by atoms with van der Waals surface area (Å²) in [5, 5.41) is 10.4. The van der Waals surface area contributed by atoms with Gasteiger partial charge in [-0.25, -0.2) is 0 Å². The van der Waals surface area contributed by atoms with Gasteiger partial charge in [-0.15, -0.1) is 0 Å². The van der Waals surface area contributed by atoms with Crippen molar-refractivity contribution >= 4 is 0 Å². The molecule has 2 saturated carbocycles. The van der Waals surface area contributed by atoms with Crippen LogP contribution in [0.5, 0.6) is 0 Å². The van der Waals surface area contributed by atoms with Crippen molar-refractivity contribution < 1.29 is 9.84 Å². The lowest BCUT2D eigenvalue weighted by Gasteiger charge is -2.49. The minimum atomic E-state index is -0.306. The fourth-order valence-electron chi connectivity index (χ4n) is 3.80. The van der Waals surface area contributed by atoms with E-state index >= 15 is 0 Å². The van der Waals surface area contributed by atoms with E-state index in [-0.39, 0.29) is 11.2 Å². The van der Waals surface area contributed by atoms with Crippen molar-refractivity contribution in [3.63, 3.8) is 0 Å². The molecular formula is C13H22O2. The third kappa shape index (κ3) is 1.62. The molecule has 3 rings (SSSR count). The first-order valence-corrected chi connectivity index (χ1v) is 6.59. The molecule has 2 aliphatic carbocycles. The Morgan fingerprint density at radius 3 is 2.33 bits per heavy atom. The summed E-state index contributed by atoms with van der Waals surface area (Å²) in [6, 6.07) is 0. The summed E-state index contributed by atoms with van der Waals surface area (Å²) in [6.07, 6.45) is 10.6. The van der Waals surface area contributed by atoms with Gasteiger partial charge in [-0.05, 0) is 50.9 Å². The summed E-state index contributed by atoms with van der Waals surface area (Å²) >= 11 is 0. The second-order valence-electron chi connectivity index (χ2n) is 5.89. The molecule has 1 atom stereocenters. The third-order valence-electron chi connectivity index (χ3n) is 4.99. The summed E-state index contributed by atoms with van der Waals surface area (Å²) in [5.74, 6) is 0.526. The van der Waals surface area contributed by atoms with E-state index in [1.165, 1.54) is 32.1 Å². The van der Waals surface area contributed by atoms with E-state index in [1.807, 2.05) is 0 Å². The molecule has 0 radical (unpaired) electrons. The van der Waals surface area contributed by atoms with E-state index in [1.54, 1.807) is 0 Å². The minimum absolute atomic E-state index is 0.175. The Balaban J connectivity index is 1.70. The lowest BCUT2D eigenvalue weighted by Crippen LogP contribution is -2.51. The molecule has 1 heterocycles. The molecule has 0 bridgehead atoms. The first-order chi connectivity index (χ1) is 7.23. The predicted octanol–water partition coefficient (Wildman–Crippen LogP) is 2.64. The van der Waals surface area contributed by atoms with Crippen LogP contribution in [0.1, 0.15) is 57.8 Å². The summed E-state index contributed by atoms with van der Waals surface area (Å²) in [6.45, 7) is 0.882. The summed E-state index contributed by atoms with van der Waals surface area (Å²) in [5.41, 5.74) is -0.131. The lowest BCUT2D eigenvalue weighted by molar-refractivity contribution is -0.163. The van der Waals surface area contributed by atoms with Crippen molar-refractivity contribution in [2.75, 3.05) is 6.61 Å². The van der Waals surface area contributed by atoms with Crippen molar-refractivity contribution in [2.24, 2.45) is 5.92 Å². The second kappa shape index (κ2) is 3.46. The Morgan fingerprint density at radius 1 is 1.00 bits per heavy atom. The molecule has 0 amide bonds. The highest BCUT2D eigenvalue weighted by Crippen LogP contribution is 2.49. The molecule has 0 aromatic carbocycles. The van der Waals surface area contributed by atoms with E-state index in [0.29, 0.717) is 5.92 Å². The molecule has 3 fully saturated rings. The van der Waals surface area contributed by atoms with Crippen LogP contribution >= 0.6 is 0 Å². The van der Waals surface area contributed by atoms with Gasteiger partial charge in [0.1, 0.15) is 0 Å². The Kier molecular flexibility index (Phi) is 2.33. The van der Waals surface area contributed by atoms with Gasteiger partial charge in [-0.1, -0.05) is 12.8 Å². The third-order valence-corrected chi connectivity index (χ3v) is 4.99. The van der Waals surface area contributed by atoms with Crippen LogP contribution in [0.2, 0.25) is 0 Å². The molecule has 15 heavy (non-hydrogen) atoms. The van der Waals surface area contributed by atoms with Crippen LogP contribution in [0.4, 0.5) is 0 Å². The molecule has 1 spiro atoms. The Bertz CT molecular complexity index is 239. The number of ether oxygens (including phenoxy) is 1. The monoisotopic (exact) mass is 210 g/mol. The number of aliphatic hydroxyl groups is 1. The molecule has 3 aliphatic rings. The topological polar surface area (TPSA) is 29.5 Å². The van der Waals surface area contributed by atoms with Crippen LogP contribution in [0.3, 0.4) is 0 Å². The van der Waals surface area contributed by atoms with Crippen LogP contribution in [0, 0.1) is 5.92 Å². The average molecular weight is 210 g/mol. The van der Waals surface area contributed by atoms with Gasteiger partial charge in [0.2, 0.25) is 0 Å². The molecule has 2 nitrogen and oxygen atoms in total. The highest BCUT2D eigenvalue weighted by Gasteiger charge is 2.49. The van der Waals surface area contributed by atoms with Crippen molar-refractivity contribution in [1.29, 1.82) is 0 Å². The standard InChI is InChI=1S/C13H22O2/c14-13(7-3-8-13)11-4-9-15-12(10-11)5-1-2-6-12/h11,14H,1-10H2. The van der Waals surface area contributed by atoms with Gasteiger partial charge in [-0.2, -0.15) is 0 Å². The molecule has 0 aromatic heterocycles. The zero-order valence-electron chi connectivity index (χ0n) is 9.50. The number of hydrogen-bond donors (Lipinski definition) is 1. The largest absolute Gasteiger partial charge is 0.390 e. The van der Waals surface area contributed by atoms with E-state index in [4.69, 9.17) is 4.74 Å². The van der Waals surface area contributed by atoms with Crippen molar-refractivity contribution in [3.8, 4) is 0 Å². The van der Waals surface area contributed by atoms with Gasteiger partial charge in [-0.3, -0.25) is 0 Å². The smallest absolute Gasteiger partial charge is 0.0686 e. The molecule has 1 unspecified atom stereocenters. The number of rotatable bonds is 1. The first kappa shape index (κ1) is 10.1. The van der Waals surface area contributed by atoms with E-state index in [0.717, 1.165) is 32.3 Å². The van der Waals surface area contributed by atoms with Gasteiger partial charge in [0.25, 0.3) is 0 Å². The molecule has 1 saturated heterocycles. The highest BCUT2D eigenvalue weighted by molar-refractivity contribution is 5.00. The predicted molar refractivity (Wildman–Crippen MR) is 58.7 cm³/mol. The normalized spacial score (nSPS) is 37.8. The molecule has 0 aromatic rings. The quantitative estimate of drug-likeness (QED) is 0.721. The average Bonchev–Trinajstić information content (AvgIpc) is 2.63. The lowest BCUT2D eigenvalue weighted by atomic mass is 9.65. The SMILES string of the molecule is OC1(C2CCOC3(CCCC3)C2)CCC1. The first-order valence-electron chi connectivity index (χ1n) is 6.59. The fraction of sp³-hybridized carbons (Fsp3) is 1.00. The van der Waals surface area contributed by atoms with E-state index in [9.17, 15) is 5.11 Å². The van der Waals surface area contributed by atoms with Crippen LogP contribution in [0.15, 0.2) is 0 Å². The minimum Gasteiger partial charge on any atom is -0.390 e. The maximum absolute atomic E-state index is 10.4. The van der Waals surface area contributed by atoms with Crippen molar-refractivity contribution in [3.05, 3.63) is 0 Å². The fourth-order valence-corrected chi connectivity index (χ4v) is 3.80. The maximum Gasteiger partial charge on any atom is 0.0686 e. The Labute approximate surface area is 92.0 Å². The zero-order valence-corrected chi connectivity index (χ0v) is 9.50. The van der Waals surface area contributed by atoms with Crippen molar-refractivity contribution in [2.45, 2.75) is 69.0 Å². The molecular weight excluding hydrogens is 188 g/mol. The van der Waals surface area contributed by atoms with Crippen LogP contribution in [-0.2, 0) is 4.74 Å². The van der Waals surface area contributed by atoms with Gasteiger partial charge >= 0.3 is 0 Å². The van der Waals surface area contributed by atoms with E-state index in [2.05, 4.69) is 0 Å². The van der Waals surface area contributed by atoms with Gasteiger partial charge in [0.05, 0.1) is 11.2 Å².